The number of carboxylic acids is 1. The van der Waals surface area contributed by atoms with Crippen LogP contribution >= 0.6 is 0 Å². The molecule has 0 atom stereocenters. The number of rotatable bonds is 15. The normalized spacial score (nSPS) is 10.8. The van der Waals surface area contributed by atoms with Crippen LogP contribution in [0.4, 0.5) is 0 Å². The lowest BCUT2D eigenvalue weighted by molar-refractivity contribution is -0.534. The van der Waals surface area contributed by atoms with E-state index >= 15 is 0 Å². The van der Waals surface area contributed by atoms with E-state index in [1.54, 1.807) is 0 Å². The predicted octanol–water partition coefficient (Wildman–Crippen LogP) is 2.99. The molecule has 0 heterocycles. The van der Waals surface area contributed by atoms with Gasteiger partial charge in [-0.2, -0.15) is 5.48 Å². The zero-order chi connectivity index (χ0) is 14.2. The molecule has 0 saturated heterocycles. The van der Waals surface area contributed by atoms with Crippen LogP contribution < -0.4 is 5.48 Å². The molecule has 0 spiro atoms. The summed E-state index contributed by atoms with van der Waals surface area (Å²) in [5.74, 6) is -0.846. The van der Waals surface area contributed by atoms with E-state index in [2.05, 4.69) is 27.3 Å². The van der Waals surface area contributed by atoms with Crippen molar-refractivity contribution in [2.24, 2.45) is 0 Å². The van der Waals surface area contributed by atoms with E-state index < -0.39 is 5.97 Å². The van der Waals surface area contributed by atoms with E-state index in [1.165, 1.54) is 38.5 Å². The third-order valence-electron chi connectivity index (χ3n) is 2.64. The lowest BCUT2D eigenvalue weighted by Crippen LogP contribution is -2.17. The molecule has 0 aromatic heterocycles. The van der Waals surface area contributed by atoms with Crippen molar-refractivity contribution >= 4 is 5.97 Å². The zero-order valence-corrected chi connectivity index (χ0v) is 11.9. The van der Waals surface area contributed by atoms with Gasteiger partial charge in [0.05, 0.1) is 6.61 Å². The monoisotopic (exact) mass is 277 g/mol. The predicted molar refractivity (Wildman–Crippen MR) is 71.0 cm³/mol. The van der Waals surface area contributed by atoms with Gasteiger partial charge >= 0.3 is 5.97 Å². The third kappa shape index (κ3) is 17.3. The molecule has 6 heteroatoms. The molecule has 19 heavy (non-hydrogen) atoms. The van der Waals surface area contributed by atoms with Gasteiger partial charge < -0.3 is 5.11 Å². The molecule has 0 aromatic rings. The molecular formula is C13H27NO5. The first kappa shape index (κ1) is 18.3. The fourth-order valence-electron chi connectivity index (χ4n) is 1.56. The van der Waals surface area contributed by atoms with Gasteiger partial charge in [0.2, 0.25) is 0 Å². The molecule has 0 unspecified atom stereocenters. The summed E-state index contributed by atoms with van der Waals surface area (Å²) < 4.78 is 0. The molecule has 0 saturated carbocycles. The van der Waals surface area contributed by atoms with Gasteiger partial charge in [-0.1, -0.05) is 45.4 Å². The van der Waals surface area contributed by atoms with Crippen LogP contribution in [0.5, 0.6) is 0 Å². The Labute approximate surface area is 115 Å². The number of nitrogens with one attached hydrogen (secondary N) is 1. The molecule has 0 radical (unpaired) electrons. The lowest BCUT2D eigenvalue weighted by Gasteiger charge is -2.04. The maximum Gasteiger partial charge on any atom is 0.303 e. The molecule has 2 N–H and O–H groups in total. The first-order chi connectivity index (χ1) is 9.27. The summed E-state index contributed by atoms with van der Waals surface area (Å²) in [5, 5.41) is 12.7. The van der Waals surface area contributed by atoms with Crippen molar-refractivity contribution in [3.8, 4) is 0 Å². The number of aliphatic carboxylic acids is 1. The van der Waals surface area contributed by atoms with Crippen LogP contribution in [-0.4, -0.2) is 24.2 Å². The van der Waals surface area contributed by atoms with Crippen molar-refractivity contribution < 1.29 is 24.8 Å². The first-order valence-electron chi connectivity index (χ1n) is 7.17. The second-order valence-corrected chi connectivity index (χ2v) is 4.49. The molecule has 0 rings (SSSR count). The Hall–Kier alpha value is -0.690. The molecule has 0 amide bonds. The zero-order valence-electron chi connectivity index (χ0n) is 11.9. The van der Waals surface area contributed by atoms with Gasteiger partial charge in [-0.15, -0.1) is 4.99 Å². The average molecular weight is 277 g/mol. The smallest absolute Gasteiger partial charge is 0.303 e. The van der Waals surface area contributed by atoms with Gasteiger partial charge in [0, 0.05) is 13.0 Å². The lowest BCUT2D eigenvalue weighted by atomic mass is 10.1. The second-order valence-electron chi connectivity index (χ2n) is 4.49. The molecule has 0 aliphatic carbocycles. The standard InChI is InChI=1S/C13H27NO5/c1-2-3-4-5-6-7-8-11-14-18-19-17-12-9-10-13(15)16/h14H,2-12H2,1H3,(H,15,16). The first-order valence-corrected chi connectivity index (χ1v) is 7.17. The van der Waals surface area contributed by atoms with Gasteiger partial charge in [-0.05, 0) is 17.9 Å². The highest BCUT2D eigenvalue weighted by Crippen LogP contribution is 2.06. The van der Waals surface area contributed by atoms with Crippen LogP contribution in [-0.2, 0) is 19.7 Å². The highest BCUT2D eigenvalue weighted by atomic mass is 17.5. The Morgan fingerprint density at radius 1 is 1.05 bits per heavy atom. The molecule has 0 aliphatic rings. The minimum atomic E-state index is -0.846. The second kappa shape index (κ2) is 15.4. The van der Waals surface area contributed by atoms with Crippen LogP contribution in [0.3, 0.4) is 0 Å². The largest absolute Gasteiger partial charge is 0.481 e. The molecule has 0 fully saturated rings. The Kier molecular flexibility index (Phi) is 14.8. The fourth-order valence-corrected chi connectivity index (χ4v) is 1.56. The minimum absolute atomic E-state index is 0.0643. The maximum atomic E-state index is 10.2. The van der Waals surface area contributed by atoms with Crippen molar-refractivity contribution in [1.82, 2.24) is 5.48 Å². The Morgan fingerprint density at radius 3 is 2.42 bits per heavy atom. The minimum Gasteiger partial charge on any atom is -0.481 e. The SMILES string of the molecule is CCCCCCCCCNOOOCCCC(=O)O. The fraction of sp³-hybridized carbons (Fsp3) is 0.923. The number of hydrogen-bond acceptors (Lipinski definition) is 5. The van der Waals surface area contributed by atoms with Crippen LogP contribution in [0.2, 0.25) is 0 Å². The number of carbonyl (C=O) groups is 1. The number of carboxylic acid groups (broad SMARTS) is 1. The van der Waals surface area contributed by atoms with Crippen LogP contribution in [0.1, 0.15) is 64.7 Å². The summed E-state index contributed by atoms with van der Waals surface area (Å²) in [6.45, 7) is 3.13. The van der Waals surface area contributed by atoms with E-state index in [9.17, 15) is 4.79 Å². The highest BCUT2D eigenvalue weighted by Gasteiger charge is 1.97. The van der Waals surface area contributed by atoms with E-state index in [-0.39, 0.29) is 13.0 Å². The molecule has 0 aliphatic heterocycles. The summed E-state index contributed by atoms with van der Waals surface area (Å²) in [6.07, 6.45) is 9.17. The van der Waals surface area contributed by atoms with Gasteiger partial charge in [0.1, 0.15) is 0 Å². The van der Waals surface area contributed by atoms with E-state index in [4.69, 9.17) is 5.11 Å². The van der Waals surface area contributed by atoms with E-state index in [0.29, 0.717) is 13.0 Å². The number of hydrogen-bond donors (Lipinski definition) is 2. The average Bonchev–Trinajstić information content (AvgIpc) is 2.39. The van der Waals surface area contributed by atoms with Crippen molar-refractivity contribution in [1.29, 1.82) is 0 Å². The van der Waals surface area contributed by atoms with Crippen LogP contribution in [0.15, 0.2) is 0 Å². The quantitative estimate of drug-likeness (QED) is 0.272. The van der Waals surface area contributed by atoms with Crippen molar-refractivity contribution in [2.45, 2.75) is 64.7 Å². The van der Waals surface area contributed by atoms with Gasteiger partial charge in [0.15, 0.2) is 0 Å². The molecule has 0 bridgehead atoms. The van der Waals surface area contributed by atoms with Gasteiger partial charge in [-0.3, -0.25) is 4.79 Å². The number of hydroxylamine groups is 1. The van der Waals surface area contributed by atoms with Crippen molar-refractivity contribution in [3.05, 3.63) is 0 Å². The maximum absolute atomic E-state index is 10.2. The molecular weight excluding hydrogens is 250 g/mol. The third-order valence-corrected chi connectivity index (χ3v) is 2.64. The van der Waals surface area contributed by atoms with E-state index in [0.717, 1.165) is 6.42 Å². The van der Waals surface area contributed by atoms with Crippen molar-refractivity contribution in [2.75, 3.05) is 13.2 Å². The summed E-state index contributed by atoms with van der Waals surface area (Å²) in [7, 11) is 0. The highest BCUT2D eigenvalue weighted by molar-refractivity contribution is 5.66. The van der Waals surface area contributed by atoms with E-state index in [1.807, 2.05) is 0 Å². The van der Waals surface area contributed by atoms with Gasteiger partial charge in [-0.25, -0.2) is 4.89 Å². The van der Waals surface area contributed by atoms with Crippen LogP contribution in [0.25, 0.3) is 0 Å². The topological polar surface area (TPSA) is 77.0 Å². The summed E-state index contributed by atoms with van der Waals surface area (Å²) in [5.41, 5.74) is 2.62. The summed E-state index contributed by atoms with van der Waals surface area (Å²) >= 11 is 0. The molecule has 114 valence electrons. The number of unbranched alkanes of at least 4 members (excludes halogenated alkanes) is 6. The van der Waals surface area contributed by atoms with Crippen LogP contribution in [0, 0.1) is 0 Å². The molecule has 0 aromatic carbocycles. The summed E-state index contributed by atoms with van der Waals surface area (Å²) in [4.78, 5) is 19.4. The molecule has 6 nitrogen and oxygen atoms in total. The Morgan fingerprint density at radius 2 is 1.74 bits per heavy atom. The Balaban J connectivity index is 2.93. The summed E-state index contributed by atoms with van der Waals surface area (Å²) in [6, 6.07) is 0. The Bertz CT molecular complexity index is 201. The van der Waals surface area contributed by atoms with Gasteiger partial charge in [0.25, 0.3) is 0 Å². The van der Waals surface area contributed by atoms with Crippen molar-refractivity contribution in [3.63, 3.8) is 0 Å².